The number of aromatic nitrogens is 1. The fourth-order valence-electron chi connectivity index (χ4n) is 1.56. The second-order valence-electron chi connectivity index (χ2n) is 4.04. The van der Waals surface area contributed by atoms with E-state index < -0.39 is 5.97 Å². The molecular weight excluding hydrogens is 254 g/mol. The van der Waals surface area contributed by atoms with E-state index >= 15 is 0 Å². The average molecular weight is 268 g/mol. The molecule has 0 aliphatic heterocycles. The van der Waals surface area contributed by atoms with Gasteiger partial charge in [0.05, 0.1) is 18.1 Å². The molecule has 1 aromatic rings. The highest BCUT2D eigenvalue weighted by atomic mass is 35.5. The lowest BCUT2D eigenvalue weighted by atomic mass is 10.2. The van der Waals surface area contributed by atoms with Gasteiger partial charge in [0.1, 0.15) is 11.0 Å². The van der Waals surface area contributed by atoms with Crippen LogP contribution in [-0.4, -0.2) is 28.6 Å². The number of hydrogen-bond acceptors (Lipinski definition) is 4. The highest BCUT2D eigenvalue weighted by Crippen LogP contribution is 2.20. The van der Waals surface area contributed by atoms with Gasteiger partial charge in [0, 0.05) is 12.6 Å². The highest BCUT2D eigenvalue weighted by molar-refractivity contribution is 6.29. The van der Waals surface area contributed by atoms with E-state index in [0.717, 1.165) is 0 Å². The van der Waals surface area contributed by atoms with Crippen LogP contribution in [0.5, 0.6) is 0 Å². The second-order valence-corrected chi connectivity index (χ2v) is 4.42. The third-order valence-electron chi connectivity index (χ3n) is 2.41. The van der Waals surface area contributed by atoms with Gasteiger partial charge in [0.25, 0.3) is 0 Å². The van der Waals surface area contributed by atoms with Crippen molar-refractivity contribution in [2.24, 2.45) is 0 Å². The Morgan fingerprint density at radius 3 is 2.78 bits per heavy atom. The number of nitriles is 1. The first-order chi connectivity index (χ1) is 8.45. The molecule has 1 N–H and O–H groups in total. The van der Waals surface area contributed by atoms with E-state index in [4.69, 9.17) is 22.0 Å². The minimum atomic E-state index is -1.05. The van der Waals surface area contributed by atoms with E-state index in [2.05, 4.69) is 11.1 Å². The third kappa shape index (κ3) is 3.60. The van der Waals surface area contributed by atoms with Crippen LogP contribution in [0.1, 0.15) is 30.6 Å². The van der Waals surface area contributed by atoms with Gasteiger partial charge in [-0.2, -0.15) is 5.26 Å². The predicted octanol–water partition coefficient (Wildman–Crippen LogP) is 2.56. The number of nitrogens with zero attached hydrogens (tertiary/aromatic N) is 3. The first kappa shape index (κ1) is 14.3. The number of carbonyl (C=O) groups is 1. The third-order valence-corrected chi connectivity index (χ3v) is 2.60. The molecule has 6 heteroatoms. The van der Waals surface area contributed by atoms with E-state index in [1.54, 1.807) is 0 Å². The van der Waals surface area contributed by atoms with Gasteiger partial charge in [-0.1, -0.05) is 11.6 Å². The quantitative estimate of drug-likeness (QED) is 0.830. The maximum atomic E-state index is 11.0. The van der Waals surface area contributed by atoms with Crippen molar-refractivity contribution in [2.75, 3.05) is 11.4 Å². The lowest BCUT2D eigenvalue weighted by molar-refractivity contribution is 0.0696. The Morgan fingerprint density at radius 2 is 2.28 bits per heavy atom. The van der Waals surface area contributed by atoms with Crippen LogP contribution in [0.4, 0.5) is 5.82 Å². The standard InChI is InChI=1S/C12H14ClN3O2/c1-8(2)16(5-3-4-14)11-7-9(12(17)18)6-10(13)15-11/h6-8H,3,5H2,1-2H3,(H,17,18). The molecule has 1 heterocycles. The maximum Gasteiger partial charge on any atom is 0.335 e. The molecule has 0 aliphatic rings. The van der Waals surface area contributed by atoms with Crippen molar-refractivity contribution in [1.82, 2.24) is 4.98 Å². The topological polar surface area (TPSA) is 77.2 Å². The van der Waals surface area contributed by atoms with Gasteiger partial charge in [0.2, 0.25) is 0 Å². The number of carboxylic acid groups (broad SMARTS) is 1. The Morgan fingerprint density at radius 1 is 1.61 bits per heavy atom. The molecule has 0 unspecified atom stereocenters. The van der Waals surface area contributed by atoms with Crippen LogP contribution >= 0.6 is 11.6 Å². The van der Waals surface area contributed by atoms with Crippen molar-refractivity contribution in [3.8, 4) is 6.07 Å². The molecule has 0 saturated carbocycles. The van der Waals surface area contributed by atoms with E-state index in [0.29, 0.717) is 18.8 Å². The molecule has 0 aromatic carbocycles. The molecule has 0 bridgehead atoms. The SMILES string of the molecule is CC(C)N(CCC#N)c1cc(C(=O)O)cc(Cl)n1. The van der Waals surface area contributed by atoms with Crippen LogP contribution in [-0.2, 0) is 0 Å². The molecule has 18 heavy (non-hydrogen) atoms. The van der Waals surface area contributed by atoms with E-state index in [-0.39, 0.29) is 16.8 Å². The van der Waals surface area contributed by atoms with Crippen LogP contribution in [0, 0.1) is 11.3 Å². The summed E-state index contributed by atoms with van der Waals surface area (Å²) in [6.45, 7) is 4.38. The van der Waals surface area contributed by atoms with Crippen LogP contribution < -0.4 is 4.90 Å². The van der Waals surface area contributed by atoms with Crippen molar-refractivity contribution in [2.45, 2.75) is 26.3 Å². The van der Waals surface area contributed by atoms with Gasteiger partial charge < -0.3 is 10.0 Å². The molecule has 1 aromatic heterocycles. The fraction of sp³-hybridized carbons (Fsp3) is 0.417. The van der Waals surface area contributed by atoms with E-state index in [1.165, 1.54) is 12.1 Å². The summed E-state index contributed by atoms with van der Waals surface area (Å²) >= 11 is 5.81. The summed E-state index contributed by atoms with van der Waals surface area (Å²) in [4.78, 5) is 16.9. The van der Waals surface area contributed by atoms with Crippen LogP contribution in [0.25, 0.3) is 0 Å². The largest absolute Gasteiger partial charge is 0.478 e. The summed E-state index contributed by atoms with van der Waals surface area (Å²) in [6.07, 6.45) is 0.342. The van der Waals surface area contributed by atoms with Gasteiger partial charge in [-0.3, -0.25) is 0 Å². The summed E-state index contributed by atoms with van der Waals surface area (Å²) in [7, 11) is 0. The normalized spacial score (nSPS) is 10.2. The number of anilines is 1. The maximum absolute atomic E-state index is 11.0. The first-order valence-corrected chi connectivity index (χ1v) is 5.88. The first-order valence-electron chi connectivity index (χ1n) is 5.50. The summed E-state index contributed by atoms with van der Waals surface area (Å²) in [5.41, 5.74) is 0.0904. The second kappa shape index (κ2) is 6.22. The zero-order chi connectivity index (χ0) is 13.7. The minimum Gasteiger partial charge on any atom is -0.478 e. The molecule has 0 aliphatic carbocycles. The Hall–Kier alpha value is -1.80. The minimum absolute atomic E-state index is 0.0904. The van der Waals surface area contributed by atoms with Gasteiger partial charge in [-0.05, 0) is 26.0 Å². The zero-order valence-electron chi connectivity index (χ0n) is 10.2. The van der Waals surface area contributed by atoms with Gasteiger partial charge in [-0.25, -0.2) is 9.78 Å². The van der Waals surface area contributed by atoms with Crippen molar-refractivity contribution < 1.29 is 9.90 Å². The van der Waals surface area contributed by atoms with Crippen LogP contribution in [0.3, 0.4) is 0 Å². The highest BCUT2D eigenvalue weighted by Gasteiger charge is 2.15. The molecule has 5 nitrogen and oxygen atoms in total. The predicted molar refractivity (Wildman–Crippen MR) is 68.9 cm³/mol. The van der Waals surface area contributed by atoms with Crippen molar-refractivity contribution in [3.63, 3.8) is 0 Å². The number of hydrogen-bond donors (Lipinski definition) is 1. The van der Waals surface area contributed by atoms with E-state index in [1.807, 2.05) is 18.7 Å². The molecule has 0 saturated heterocycles. The number of pyridine rings is 1. The smallest absolute Gasteiger partial charge is 0.335 e. The van der Waals surface area contributed by atoms with Gasteiger partial charge in [0.15, 0.2) is 0 Å². The lowest BCUT2D eigenvalue weighted by Crippen LogP contribution is -2.32. The molecule has 0 radical (unpaired) electrons. The Balaban J connectivity index is 3.12. The Bertz CT molecular complexity index is 483. The van der Waals surface area contributed by atoms with Gasteiger partial charge in [-0.15, -0.1) is 0 Å². The molecule has 0 amide bonds. The summed E-state index contributed by atoms with van der Waals surface area (Å²) in [5.74, 6) is -0.574. The Labute approximate surface area is 111 Å². The van der Waals surface area contributed by atoms with Crippen molar-refractivity contribution >= 4 is 23.4 Å². The molecule has 0 spiro atoms. The molecule has 0 atom stereocenters. The molecular formula is C12H14ClN3O2. The summed E-state index contributed by atoms with van der Waals surface area (Å²) in [6, 6.07) is 4.92. The molecule has 96 valence electrons. The monoisotopic (exact) mass is 267 g/mol. The van der Waals surface area contributed by atoms with Crippen molar-refractivity contribution in [1.29, 1.82) is 5.26 Å². The number of aromatic carboxylic acids is 1. The fourth-order valence-corrected chi connectivity index (χ4v) is 1.77. The zero-order valence-corrected chi connectivity index (χ0v) is 11.0. The summed E-state index contributed by atoms with van der Waals surface area (Å²) in [5, 5.41) is 17.7. The van der Waals surface area contributed by atoms with Crippen LogP contribution in [0.2, 0.25) is 5.15 Å². The summed E-state index contributed by atoms with van der Waals surface area (Å²) < 4.78 is 0. The number of rotatable bonds is 5. The molecule has 0 fully saturated rings. The van der Waals surface area contributed by atoms with Crippen molar-refractivity contribution in [3.05, 3.63) is 22.8 Å². The van der Waals surface area contributed by atoms with E-state index in [9.17, 15) is 4.79 Å². The molecule has 1 rings (SSSR count). The Kier molecular flexibility index (Phi) is 4.93. The number of carboxylic acids is 1. The van der Waals surface area contributed by atoms with Gasteiger partial charge >= 0.3 is 5.97 Å². The lowest BCUT2D eigenvalue weighted by Gasteiger charge is -2.27. The number of halogens is 1. The van der Waals surface area contributed by atoms with Crippen LogP contribution in [0.15, 0.2) is 12.1 Å². The average Bonchev–Trinajstić information content (AvgIpc) is 2.28.